The van der Waals surface area contributed by atoms with Crippen LogP contribution in [0.3, 0.4) is 0 Å². The highest BCUT2D eigenvalue weighted by Crippen LogP contribution is 2.64. The van der Waals surface area contributed by atoms with Crippen molar-refractivity contribution in [2.45, 2.75) is 44.1 Å². The molecule has 0 radical (unpaired) electrons. The molecule has 10 heteroatoms. The largest absolute Gasteiger partial charge is 0.364 e. The first-order valence-electron chi connectivity index (χ1n) is 9.51. The molecule has 4 aliphatic rings. The van der Waals surface area contributed by atoms with Gasteiger partial charge in [0.25, 0.3) is 5.91 Å². The lowest BCUT2D eigenvalue weighted by atomic mass is 9.46. The molecule has 2 amide bonds. The number of anilines is 1. The van der Waals surface area contributed by atoms with E-state index in [0.29, 0.717) is 22.3 Å². The van der Waals surface area contributed by atoms with E-state index in [0.717, 1.165) is 32.1 Å². The standard InChI is InChI=1S/C18H22BrN7O2/c1-25-13(14(20)27)12(7-22-25)23-15(28)17-3-10-2-11(4-17)6-18(5-10,8-17)26-9-21-16(19)24-26/h7,9-11H,2-6,8H2,1H3,(H2,20,27)(H,23,28)/t10-,11+,17?,18?. The number of aryl methyl sites for hydroxylation is 1. The van der Waals surface area contributed by atoms with Gasteiger partial charge in [0.15, 0.2) is 0 Å². The second kappa shape index (κ2) is 5.88. The molecule has 3 N–H and O–H groups in total. The minimum Gasteiger partial charge on any atom is -0.364 e. The normalized spacial score (nSPS) is 33.2. The van der Waals surface area contributed by atoms with Gasteiger partial charge in [-0.2, -0.15) is 5.10 Å². The number of hydrogen-bond acceptors (Lipinski definition) is 5. The van der Waals surface area contributed by atoms with Crippen molar-refractivity contribution in [3.05, 3.63) is 23.0 Å². The van der Waals surface area contributed by atoms with Crippen molar-refractivity contribution in [3.8, 4) is 0 Å². The first-order chi connectivity index (χ1) is 13.3. The SMILES string of the molecule is Cn1ncc(NC(=O)C23C[C@H]4C[C@@H](C2)CC(n2cnc(Br)n2)(C4)C3)c1C(N)=O. The fourth-order valence-corrected chi connectivity index (χ4v) is 6.56. The van der Waals surface area contributed by atoms with Crippen molar-refractivity contribution in [3.63, 3.8) is 0 Å². The van der Waals surface area contributed by atoms with Crippen LogP contribution in [0.2, 0.25) is 0 Å². The highest BCUT2D eigenvalue weighted by atomic mass is 79.9. The van der Waals surface area contributed by atoms with Gasteiger partial charge >= 0.3 is 0 Å². The van der Waals surface area contributed by atoms with Crippen LogP contribution in [0.25, 0.3) is 0 Å². The van der Waals surface area contributed by atoms with Crippen molar-refractivity contribution in [1.29, 1.82) is 0 Å². The minimum atomic E-state index is -0.607. The Labute approximate surface area is 170 Å². The summed E-state index contributed by atoms with van der Waals surface area (Å²) < 4.78 is 3.94. The molecule has 2 aromatic rings. The molecule has 0 aromatic carbocycles. The van der Waals surface area contributed by atoms with Gasteiger partial charge in [0, 0.05) is 7.05 Å². The van der Waals surface area contributed by atoms with Crippen LogP contribution in [0.4, 0.5) is 5.69 Å². The summed E-state index contributed by atoms with van der Waals surface area (Å²) >= 11 is 3.35. The highest BCUT2D eigenvalue weighted by Gasteiger charge is 2.61. The maximum atomic E-state index is 13.5. The van der Waals surface area contributed by atoms with Gasteiger partial charge in [-0.15, -0.1) is 5.10 Å². The van der Waals surface area contributed by atoms with Gasteiger partial charge in [-0.05, 0) is 66.3 Å². The van der Waals surface area contributed by atoms with E-state index in [1.54, 1.807) is 13.4 Å². The van der Waals surface area contributed by atoms with Crippen molar-refractivity contribution < 1.29 is 9.59 Å². The van der Waals surface area contributed by atoms with Crippen LogP contribution in [0, 0.1) is 17.3 Å². The molecule has 0 aliphatic heterocycles. The van der Waals surface area contributed by atoms with Crippen LogP contribution < -0.4 is 11.1 Å². The third-order valence-corrected chi connectivity index (χ3v) is 7.25. The van der Waals surface area contributed by atoms with E-state index in [1.165, 1.54) is 17.3 Å². The first kappa shape index (κ1) is 17.8. The number of amides is 2. The molecule has 6 rings (SSSR count). The van der Waals surface area contributed by atoms with Crippen LogP contribution in [-0.2, 0) is 17.4 Å². The van der Waals surface area contributed by atoms with Gasteiger partial charge in [0.2, 0.25) is 10.6 Å². The molecule has 148 valence electrons. The average molecular weight is 448 g/mol. The van der Waals surface area contributed by atoms with Gasteiger partial charge in [-0.25, -0.2) is 9.67 Å². The zero-order chi connectivity index (χ0) is 19.7. The summed E-state index contributed by atoms with van der Waals surface area (Å²) in [5.74, 6) is 0.351. The molecule has 2 aromatic heterocycles. The Kier molecular flexibility index (Phi) is 3.75. The molecule has 4 saturated carbocycles. The van der Waals surface area contributed by atoms with Gasteiger partial charge in [0.1, 0.15) is 12.0 Å². The van der Waals surface area contributed by atoms with E-state index in [1.807, 2.05) is 4.68 Å². The molecule has 0 spiro atoms. The Morgan fingerprint density at radius 3 is 2.61 bits per heavy atom. The Bertz CT molecular complexity index is 966. The summed E-state index contributed by atoms with van der Waals surface area (Å²) in [6.07, 6.45) is 8.99. The van der Waals surface area contributed by atoms with E-state index in [4.69, 9.17) is 5.73 Å². The second-order valence-electron chi connectivity index (χ2n) is 8.77. The van der Waals surface area contributed by atoms with E-state index >= 15 is 0 Å². The summed E-state index contributed by atoms with van der Waals surface area (Å²) in [5, 5.41) is 11.6. The fraction of sp³-hybridized carbons (Fsp3) is 0.611. The number of halogens is 1. The number of nitrogens with two attached hydrogens (primary N) is 1. The van der Waals surface area contributed by atoms with Crippen LogP contribution in [0.1, 0.15) is 49.0 Å². The number of hydrogen-bond donors (Lipinski definition) is 2. The molecule has 4 atom stereocenters. The topological polar surface area (TPSA) is 121 Å². The lowest BCUT2D eigenvalue weighted by Crippen LogP contribution is -2.60. The maximum absolute atomic E-state index is 13.5. The van der Waals surface area contributed by atoms with Crippen LogP contribution in [-0.4, -0.2) is 36.4 Å². The Morgan fingerprint density at radius 1 is 1.29 bits per heavy atom. The van der Waals surface area contributed by atoms with E-state index < -0.39 is 11.3 Å². The monoisotopic (exact) mass is 447 g/mol. The molecule has 28 heavy (non-hydrogen) atoms. The summed E-state index contributed by atoms with van der Waals surface area (Å²) in [4.78, 5) is 29.5. The van der Waals surface area contributed by atoms with Gasteiger partial charge in [0.05, 0.1) is 22.8 Å². The minimum absolute atomic E-state index is 0.0411. The summed E-state index contributed by atoms with van der Waals surface area (Å²) in [5.41, 5.74) is 5.44. The highest BCUT2D eigenvalue weighted by molar-refractivity contribution is 9.10. The molecular weight excluding hydrogens is 426 g/mol. The van der Waals surface area contributed by atoms with Gasteiger partial charge < -0.3 is 11.1 Å². The van der Waals surface area contributed by atoms with Crippen molar-refractivity contribution in [1.82, 2.24) is 24.5 Å². The molecule has 2 unspecified atom stereocenters. The van der Waals surface area contributed by atoms with Crippen molar-refractivity contribution in [2.24, 2.45) is 30.0 Å². The predicted octanol–water partition coefficient (Wildman–Crippen LogP) is 1.81. The zero-order valence-corrected chi connectivity index (χ0v) is 17.1. The van der Waals surface area contributed by atoms with Gasteiger partial charge in [-0.1, -0.05) is 0 Å². The van der Waals surface area contributed by atoms with Gasteiger partial charge in [-0.3, -0.25) is 14.3 Å². The first-order valence-corrected chi connectivity index (χ1v) is 10.3. The van der Waals surface area contributed by atoms with E-state index in [2.05, 4.69) is 36.4 Å². The molecule has 4 fully saturated rings. The number of carbonyl (C=O) groups excluding carboxylic acids is 2. The summed E-state index contributed by atoms with van der Waals surface area (Å²) in [7, 11) is 1.64. The molecule has 4 bridgehead atoms. The number of nitrogens with one attached hydrogen (secondary N) is 1. The third kappa shape index (κ3) is 2.53. The quantitative estimate of drug-likeness (QED) is 0.739. The smallest absolute Gasteiger partial charge is 0.269 e. The Hall–Kier alpha value is -2.23. The Balaban J connectivity index is 1.48. The fourth-order valence-electron chi connectivity index (χ4n) is 6.30. The lowest BCUT2D eigenvalue weighted by Gasteiger charge is -2.60. The van der Waals surface area contributed by atoms with E-state index in [9.17, 15) is 9.59 Å². The molecule has 2 heterocycles. The predicted molar refractivity (Wildman–Crippen MR) is 103 cm³/mol. The average Bonchev–Trinajstić information content (AvgIpc) is 3.20. The summed E-state index contributed by atoms with van der Waals surface area (Å²) in [6.45, 7) is 0. The van der Waals surface area contributed by atoms with Crippen molar-refractivity contribution in [2.75, 3.05) is 5.32 Å². The third-order valence-electron chi connectivity index (χ3n) is 6.88. The maximum Gasteiger partial charge on any atom is 0.269 e. The number of aromatic nitrogens is 5. The molecule has 4 aliphatic carbocycles. The summed E-state index contributed by atoms with van der Waals surface area (Å²) in [6, 6.07) is 0. The van der Waals surface area contributed by atoms with Crippen molar-refractivity contribution >= 4 is 33.4 Å². The number of primary amides is 1. The van der Waals surface area contributed by atoms with E-state index in [-0.39, 0.29) is 17.1 Å². The Morgan fingerprint density at radius 2 is 2.00 bits per heavy atom. The second-order valence-corrected chi connectivity index (χ2v) is 9.48. The molecule has 0 saturated heterocycles. The number of carbonyl (C=O) groups is 2. The van der Waals surface area contributed by atoms with Crippen LogP contribution >= 0.6 is 15.9 Å². The number of rotatable bonds is 4. The van der Waals surface area contributed by atoms with Crippen LogP contribution in [0.15, 0.2) is 17.3 Å². The molecule has 9 nitrogen and oxygen atoms in total. The molecular formula is C18H22BrN7O2. The van der Waals surface area contributed by atoms with Crippen LogP contribution in [0.5, 0.6) is 0 Å². The zero-order valence-electron chi connectivity index (χ0n) is 15.6. The number of nitrogens with zero attached hydrogens (tertiary/aromatic N) is 5. The lowest BCUT2D eigenvalue weighted by molar-refractivity contribution is -0.150.